The maximum Gasteiger partial charge on any atom is 0.317 e. The summed E-state index contributed by atoms with van der Waals surface area (Å²) in [5, 5.41) is -0.366. The topological polar surface area (TPSA) is 77.5 Å². The monoisotopic (exact) mass is 228 g/mol. The van der Waals surface area contributed by atoms with Gasteiger partial charge in [0.05, 0.1) is 12.3 Å². The molecule has 6 heteroatoms. The van der Waals surface area contributed by atoms with E-state index >= 15 is 0 Å². The predicted molar refractivity (Wildman–Crippen MR) is 49.5 cm³/mol. The van der Waals surface area contributed by atoms with E-state index in [9.17, 15) is 19.2 Å². The number of cyclic esters (lactones) is 2. The van der Waals surface area contributed by atoms with Crippen molar-refractivity contribution in [3.8, 4) is 0 Å². The van der Waals surface area contributed by atoms with Gasteiger partial charge < -0.3 is 4.74 Å². The Balaban J connectivity index is 1.98. The molecule has 2 unspecified atom stereocenters. The van der Waals surface area contributed by atoms with E-state index in [0.29, 0.717) is 11.8 Å². The highest BCUT2D eigenvalue weighted by Crippen LogP contribution is 2.34. The van der Waals surface area contributed by atoms with E-state index in [-0.39, 0.29) is 29.5 Å². The van der Waals surface area contributed by atoms with Crippen molar-refractivity contribution < 1.29 is 23.9 Å². The van der Waals surface area contributed by atoms with Crippen LogP contribution in [0.5, 0.6) is 0 Å². The van der Waals surface area contributed by atoms with Gasteiger partial charge in [-0.1, -0.05) is 0 Å². The third kappa shape index (κ3) is 2.09. The zero-order valence-corrected chi connectivity index (χ0v) is 8.54. The number of thioether (sulfide) groups is 1. The van der Waals surface area contributed by atoms with Crippen LogP contribution >= 0.6 is 11.8 Å². The zero-order valence-electron chi connectivity index (χ0n) is 7.73. The number of esters is 2. The SMILES string of the molecule is O=C1CC(CC2CC(=O)SC2=O)C(=O)O1. The summed E-state index contributed by atoms with van der Waals surface area (Å²) in [6.07, 6.45) is 0.449. The highest BCUT2D eigenvalue weighted by Gasteiger charge is 2.40. The van der Waals surface area contributed by atoms with Crippen molar-refractivity contribution in [1.29, 1.82) is 0 Å². The molecule has 2 aliphatic rings. The van der Waals surface area contributed by atoms with E-state index in [1.165, 1.54) is 0 Å². The van der Waals surface area contributed by atoms with E-state index < -0.39 is 23.8 Å². The molecule has 0 N–H and O–H groups in total. The molecule has 0 amide bonds. The Morgan fingerprint density at radius 3 is 2.33 bits per heavy atom. The first-order chi connectivity index (χ1) is 7.06. The molecule has 15 heavy (non-hydrogen) atoms. The minimum absolute atomic E-state index is 0.0292. The number of carbonyl (C=O) groups excluding carboxylic acids is 4. The molecule has 0 bridgehead atoms. The van der Waals surface area contributed by atoms with Crippen LogP contribution in [0.3, 0.4) is 0 Å². The van der Waals surface area contributed by atoms with Gasteiger partial charge in [-0.2, -0.15) is 0 Å². The van der Waals surface area contributed by atoms with Crippen LogP contribution in [0.4, 0.5) is 0 Å². The molecular formula is C9H8O5S. The second kappa shape index (κ2) is 3.77. The van der Waals surface area contributed by atoms with Crippen LogP contribution < -0.4 is 0 Å². The molecule has 2 aliphatic heterocycles. The minimum Gasteiger partial charge on any atom is -0.393 e. The van der Waals surface area contributed by atoms with Crippen molar-refractivity contribution in [3.05, 3.63) is 0 Å². The Hall–Kier alpha value is -1.17. The molecular weight excluding hydrogens is 220 g/mol. The first-order valence-corrected chi connectivity index (χ1v) is 5.37. The summed E-state index contributed by atoms with van der Waals surface area (Å²) in [5.74, 6) is -2.09. The van der Waals surface area contributed by atoms with E-state index in [0.717, 1.165) is 0 Å². The summed E-state index contributed by atoms with van der Waals surface area (Å²) in [7, 11) is 0. The number of carbonyl (C=O) groups is 4. The van der Waals surface area contributed by atoms with Crippen LogP contribution in [0.1, 0.15) is 19.3 Å². The molecule has 2 fully saturated rings. The molecule has 2 atom stereocenters. The van der Waals surface area contributed by atoms with Crippen LogP contribution in [0.25, 0.3) is 0 Å². The Labute approximate surface area is 89.5 Å². The highest BCUT2D eigenvalue weighted by molar-refractivity contribution is 8.26. The van der Waals surface area contributed by atoms with Gasteiger partial charge in [0.1, 0.15) is 0 Å². The fourth-order valence-corrected chi connectivity index (χ4v) is 2.60. The third-order valence-corrected chi connectivity index (χ3v) is 3.42. The zero-order chi connectivity index (χ0) is 11.0. The first kappa shape index (κ1) is 10.4. The van der Waals surface area contributed by atoms with Crippen molar-refractivity contribution in [2.75, 3.05) is 0 Å². The number of hydrogen-bond acceptors (Lipinski definition) is 6. The molecule has 0 aromatic carbocycles. The van der Waals surface area contributed by atoms with Gasteiger partial charge in [0.2, 0.25) is 0 Å². The molecule has 0 aromatic heterocycles. The van der Waals surface area contributed by atoms with Crippen LogP contribution in [0, 0.1) is 11.8 Å². The maximum absolute atomic E-state index is 11.3. The Kier molecular flexibility index (Phi) is 2.60. The average molecular weight is 228 g/mol. The summed E-state index contributed by atoms with van der Waals surface area (Å²) >= 11 is 0.699. The second-order valence-corrected chi connectivity index (χ2v) is 4.69. The molecule has 0 radical (unpaired) electrons. The highest BCUT2D eigenvalue weighted by atomic mass is 32.2. The van der Waals surface area contributed by atoms with Gasteiger partial charge in [0.25, 0.3) is 0 Å². The smallest absolute Gasteiger partial charge is 0.317 e. The molecule has 0 aromatic rings. The van der Waals surface area contributed by atoms with Crippen LogP contribution in [0.2, 0.25) is 0 Å². The van der Waals surface area contributed by atoms with Crippen molar-refractivity contribution in [1.82, 2.24) is 0 Å². The van der Waals surface area contributed by atoms with Gasteiger partial charge in [-0.3, -0.25) is 19.2 Å². The minimum atomic E-state index is -0.572. The lowest BCUT2D eigenvalue weighted by Crippen LogP contribution is -2.15. The lowest BCUT2D eigenvalue weighted by molar-refractivity contribution is -0.153. The molecule has 2 heterocycles. The predicted octanol–water partition coefficient (Wildman–Crippen LogP) is 0.272. The Bertz CT molecular complexity index is 328. The number of hydrogen-bond donors (Lipinski definition) is 0. The summed E-state index contributed by atoms with van der Waals surface area (Å²) < 4.78 is 4.37. The lowest BCUT2D eigenvalue weighted by Gasteiger charge is -2.07. The van der Waals surface area contributed by atoms with Gasteiger partial charge in [-0.15, -0.1) is 0 Å². The molecule has 0 aliphatic carbocycles. The maximum atomic E-state index is 11.3. The van der Waals surface area contributed by atoms with Crippen molar-refractivity contribution in [2.24, 2.45) is 11.8 Å². The van der Waals surface area contributed by atoms with Crippen molar-refractivity contribution in [3.63, 3.8) is 0 Å². The fraction of sp³-hybridized carbons (Fsp3) is 0.556. The summed E-state index contributed by atoms with van der Waals surface area (Å²) in [6, 6.07) is 0. The molecule has 80 valence electrons. The standard InChI is InChI=1S/C9H8O5S/c10-6-2-4(8(12)14-6)1-5-3-7(11)15-9(5)13/h4-5H,1-3H2. The molecule has 5 nitrogen and oxygen atoms in total. The molecule has 0 spiro atoms. The third-order valence-electron chi connectivity index (χ3n) is 2.49. The summed E-state index contributed by atoms with van der Waals surface area (Å²) in [4.78, 5) is 44.1. The summed E-state index contributed by atoms with van der Waals surface area (Å²) in [5.41, 5.74) is 0. The number of rotatable bonds is 2. The fourth-order valence-electron chi connectivity index (χ4n) is 1.75. The largest absolute Gasteiger partial charge is 0.393 e. The van der Waals surface area contributed by atoms with Crippen LogP contribution in [0.15, 0.2) is 0 Å². The van der Waals surface area contributed by atoms with Gasteiger partial charge in [-0.05, 0) is 18.2 Å². The Morgan fingerprint density at radius 2 is 1.87 bits per heavy atom. The number of ether oxygens (including phenoxy) is 1. The van der Waals surface area contributed by atoms with E-state index in [1.54, 1.807) is 0 Å². The first-order valence-electron chi connectivity index (χ1n) is 4.55. The summed E-state index contributed by atoms with van der Waals surface area (Å²) in [6.45, 7) is 0. The van der Waals surface area contributed by atoms with Gasteiger partial charge in [0, 0.05) is 12.3 Å². The van der Waals surface area contributed by atoms with Crippen LogP contribution in [-0.4, -0.2) is 22.2 Å². The average Bonchev–Trinajstić information content (AvgIpc) is 2.58. The Morgan fingerprint density at radius 1 is 1.13 bits per heavy atom. The lowest BCUT2D eigenvalue weighted by atomic mass is 9.92. The normalized spacial score (nSPS) is 31.2. The second-order valence-electron chi connectivity index (χ2n) is 3.62. The molecule has 2 rings (SSSR count). The van der Waals surface area contributed by atoms with Crippen molar-refractivity contribution >= 4 is 33.9 Å². The van der Waals surface area contributed by atoms with E-state index in [1.807, 2.05) is 0 Å². The van der Waals surface area contributed by atoms with Gasteiger partial charge in [-0.25, -0.2) is 0 Å². The molecule has 2 saturated heterocycles. The quantitative estimate of drug-likeness (QED) is 0.498. The molecule has 0 saturated carbocycles. The van der Waals surface area contributed by atoms with Gasteiger partial charge >= 0.3 is 11.9 Å². The van der Waals surface area contributed by atoms with E-state index in [4.69, 9.17) is 0 Å². The van der Waals surface area contributed by atoms with Crippen LogP contribution in [-0.2, 0) is 23.9 Å². The van der Waals surface area contributed by atoms with Gasteiger partial charge in [0.15, 0.2) is 10.2 Å². The van der Waals surface area contributed by atoms with Crippen molar-refractivity contribution in [2.45, 2.75) is 19.3 Å². The van der Waals surface area contributed by atoms with E-state index in [2.05, 4.69) is 4.74 Å².